The number of halogens is 1. The summed E-state index contributed by atoms with van der Waals surface area (Å²) >= 11 is 5.96. The van der Waals surface area contributed by atoms with Gasteiger partial charge in [0.2, 0.25) is 0 Å². The van der Waals surface area contributed by atoms with Crippen LogP contribution in [0.15, 0.2) is 18.2 Å². The van der Waals surface area contributed by atoms with Gasteiger partial charge in [-0.25, -0.2) is 9.78 Å². The van der Waals surface area contributed by atoms with Gasteiger partial charge in [-0.2, -0.15) is 0 Å². The molecule has 1 heterocycles. The first-order valence-corrected chi connectivity index (χ1v) is 5.29. The molecule has 1 N–H and O–H groups in total. The molecule has 2 rings (SSSR count). The van der Waals surface area contributed by atoms with E-state index in [-0.39, 0.29) is 5.69 Å². The number of carboxylic acid groups (broad SMARTS) is 1. The van der Waals surface area contributed by atoms with E-state index >= 15 is 0 Å². The molecule has 0 aliphatic heterocycles. The van der Waals surface area contributed by atoms with Crippen LogP contribution in [-0.2, 0) is 0 Å². The number of pyridine rings is 1. The molecular weight excluding hydrogens is 242 g/mol. The van der Waals surface area contributed by atoms with Gasteiger partial charge in [-0.3, -0.25) is 0 Å². The molecule has 1 aromatic heterocycles. The molecule has 0 saturated carbocycles. The van der Waals surface area contributed by atoms with Gasteiger partial charge >= 0.3 is 5.97 Å². The first-order chi connectivity index (χ1) is 8.02. The SMILES string of the molecule is COc1cc(C(=O)O)nc2c(C)cc(Cl)cc12. The number of carboxylic acids is 1. The van der Waals surface area contributed by atoms with Crippen LogP contribution in [0.3, 0.4) is 0 Å². The Balaban J connectivity index is 2.87. The van der Waals surface area contributed by atoms with Gasteiger partial charge in [-0.05, 0) is 24.6 Å². The number of hydrogen-bond acceptors (Lipinski definition) is 3. The van der Waals surface area contributed by atoms with E-state index in [0.717, 1.165) is 5.56 Å². The molecule has 2 aromatic rings. The molecule has 0 spiro atoms. The lowest BCUT2D eigenvalue weighted by atomic mass is 10.1. The second-order valence-electron chi connectivity index (χ2n) is 3.63. The van der Waals surface area contributed by atoms with Gasteiger partial charge in [0.1, 0.15) is 5.75 Å². The van der Waals surface area contributed by atoms with E-state index in [9.17, 15) is 4.79 Å². The molecule has 0 fully saturated rings. The smallest absolute Gasteiger partial charge is 0.354 e. The van der Waals surface area contributed by atoms with Crippen molar-refractivity contribution in [2.75, 3.05) is 7.11 Å². The van der Waals surface area contributed by atoms with Crippen molar-refractivity contribution in [3.8, 4) is 5.75 Å². The van der Waals surface area contributed by atoms with Crippen LogP contribution >= 0.6 is 11.6 Å². The number of aromatic carboxylic acids is 1. The lowest BCUT2D eigenvalue weighted by molar-refractivity contribution is 0.0690. The fraction of sp³-hybridized carbons (Fsp3) is 0.167. The Hall–Kier alpha value is -1.81. The third kappa shape index (κ3) is 2.03. The van der Waals surface area contributed by atoms with Gasteiger partial charge in [0.25, 0.3) is 0 Å². The summed E-state index contributed by atoms with van der Waals surface area (Å²) in [7, 11) is 1.48. The Morgan fingerprint density at radius 1 is 1.41 bits per heavy atom. The summed E-state index contributed by atoms with van der Waals surface area (Å²) in [4.78, 5) is 15.0. The molecule has 0 unspecified atom stereocenters. The first kappa shape index (κ1) is 11.7. The fourth-order valence-corrected chi connectivity index (χ4v) is 1.98. The topological polar surface area (TPSA) is 59.4 Å². The van der Waals surface area contributed by atoms with Crippen LogP contribution in [-0.4, -0.2) is 23.2 Å². The van der Waals surface area contributed by atoms with E-state index in [0.29, 0.717) is 21.7 Å². The molecule has 0 radical (unpaired) electrons. The maximum atomic E-state index is 10.9. The number of hydrogen-bond donors (Lipinski definition) is 1. The summed E-state index contributed by atoms with van der Waals surface area (Å²) in [6.07, 6.45) is 0. The molecule has 1 aromatic carbocycles. The normalized spacial score (nSPS) is 10.5. The number of aromatic nitrogens is 1. The van der Waals surface area contributed by atoms with E-state index in [2.05, 4.69) is 4.98 Å². The quantitative estimate of drug-likeness (QED) is 0.892. The zero-order valence-electron chi connectivity index (χ0n) is 9.32. The summed E-state index contributed by atoms with van der Waals surface area (Å²) in [5, 5.41) is 10.2. The Bertz CT molecular complexity index is 610. The minimum absolute atomic E-state index is 0.0419. The van der Waals surface area contributed by atoms with Gasteiger partial charge in [0.15, 0.2) is 5.69 Å². The van der Waals surface area contributed by atoms with Crippen LogP contribution in [0, 0.1) is 6.92 Å². The fourth-order valence-electron chi connectivity index (χ4n) is 1.70. The Kier molecular flexibility index (Phi) is 2.90. The summed E-state index contributed by atoms with van der Waals surface area (Å²) in [5.41, 5.74) is 1.36. The monoisotopic (exact) mass is 251 g/mol. The highest BCUT2D eigenvalue weighted by Gasteiger charge is 2.13. The number of carbonyl (C=O) groups is 1. The standard InChI is InChI=1S/C12H10ClNO3/c1-6-3-7(13)4-8-10(17-2)5-9(12(15)16)14-11(6)8/h3-5H,1-2H3,(H,15,16). The van der Waals surface area contributed by atoms with Crippen molar-refractivity contribution < 1.29 is 14.6 Å². The number of ether oxygens (including phenoxy) is 1. The number of nitrogens with zero attached hydrogens (tertiary/aromatic N) is 1. The maximum Gasteiger partial charge on any atom is 0.354 e. The average Bonchev–Trinajstić information content (AvgIpc) is 2.27. The minimum Gasteiger partial charge on any atom is -0.496 e. The maximum absolute atomic E-state index is 10.9. The second kappa shape index (κ2) is 4.22. The van der Waals surface area contributed by atoms with Crippen LogP contribution in [0.5, 0.6) is 5.75 Å². The number of fused-ring (bicyclic) bond motifs is 1. The lowest BCUT2D eigenvalue weighted by Gasteiger charge is -2.09. The van der Waals surface area contributed by atoms with E-state index in [4.69, 9.17) is 21.4 Å². The third-order valence-electron chi connectivity index (χ3n) is 2.47. The van der Waals surface area contributed by atoms with Crippen LogP contribution in [0.1, 0.15) is 16.1 Å². The Labute approximate surface area is 103 Å². The molecule has 0 aliphatic carbocycles. The summed E-state index contributed by atoms with van der Waals surface area (Å²) in [6.45, 7) is 1.83. The molecule has 0 aliphatic rings. The number of aryl methyl sites for hydroxylation is 1. The van der Waals surface area contributed by atoms with Gasteiger partial charge in [0.05, 0.1) is 12.6 Å². The number of methoxy groups -OCH3 is 1. The molecule has 0 bridgehead atoms. The molecule has 0 amide bonds. The second-order valence-corrected chi connectivity index (χ2v) is 4.07. The van der Waals surface area contributed by atoms with Gasteiger partial charge in [0, 0.05) is 16.5 Å². The molecule has 17 heavy (non-hydrogen) atoms. The van der Waals surface area contributed by atoms with Crippen molar-refractivity contribution in [1.29, 1.82) is 0 Å². The highest BCUT2D eigenvalue weighted by Crippen LogP contribution is 2.30. The number of rotatable bonds is 2. The third-order valence-corrected chi connectivity index (χ3v) is 2.69. The van der Waals surface area contributed by atoms with Crippen LogP contribution in [0.2, 0.25) is 5.02 Å². The van der Waals surface area contributed by atoms with Gasteiger partial charge in [-0.15, -0.1) is 0 Å². The Morgan fingerprint density at radius 3 is 2.71 bits per heavy atom. The highest BCUT2D eigenvalue weighted by atomic mass is 35.5. The van der Waals surface area contributed by atoms with Gasteiger partial charge in [-0.1, -0.05) is 11.6 Å². The molecule has 4 nitrogen and oxygen atoms in total. The van der Waals surface area contributed by atoms with Crippen molar-refractivity contribution in [3.63, 3.8) is 0 Å². The van der Waals surface area contributed by atoms with Crippen LogP contribution in [0.25, 0.3) is 10.9 Å². The summed E-state index contributed by atoms with van der Waals surface area (Å²) in [6, 6.07) is 4.84. The van der Waals surface area contributed by atoms with Crippen molar-refractivity contribution >= 4 is 28.5 Å². The predicted molar refractivity (Wildman–Crippen MR) is 65.0 cm³/mol. The molecule has 0 atom stereocenters. The molecule has 5 heteroatoms. The van der Waals surface area contributed by atoms with E-state index in [1.165, 1.54) is 13.2 Å². The van der Waals surface area contributed by atoms with Gasteiger partial charge < -0.3 is 9.84 Å². The zero-order chi connectivity index (χ0) is 12.6. The molecule has 0 saturated heterocycles. The molecular formula is C12H10ClNO3. The summed E-state index contributed by atoms with van der Waals surface area (Å²) < 4.78 is 5.17. The van der Waals surface area contributed by atoms with Crippen LogP contribution < -0.4 is 4.74 Å². The van der Waals surface area contributed by atoms with Crippen molar-refractivity contribution in [1.82, 2.24) is 4.98 Å². The number of benzene rings is 1. The minimum atomic E-state index is -1.08. The van der Waals surface area contributed by atoms with Crippen LogP contribution in [0.4, 0.5) is 0 Å². The van der Waals surface area contributed by atoms with E-state index in [1.54, 1.807) is 12.1 Å². The van der Waals surface area contributed by atoms with Crippen molar-refractivity contribution in [3.05, 3.63) is 34.5 Å². The molecule has 88 valence electrons. The van der Waals surface area contributed by atoms with Crippen molar-refractivity contribution in [2.45, 2.75) is 6.92 Å². The first-order valence-electron chi connectivity index (χ1n) is 4.91. The predicted octanol–water partition coefficient (Wildman–Crippen LogP) is 2.90. The van der Waals surface area contributed by atoms with E-state index in [1.807, 2.05) is 6.92 Å². The highest BCUT2D eigenvalue weighted by molar-refractivity contribution is 6.31. The van der Waals surface area contributed by atoms with E-state index < -0.39 is 5.97 Å². The average molecular weight is 252 g/mol. The lowest BCUT2D eigenvalue weighted by Crippen LogP contribution is -2.02. The zero-order valence-corrected chi connectivity index (χ0v) is 10.1. The largest absolute Gasteiger partial charge is 0.496 e. The Morgan fingerprint density at radius 2 is 2.12 bits per heavy atom. The van der Waals surface area contributed by atoms with Crippen molar-refractivity contribution in [2.24, 2.45) is 0 Å². The summed E-state index contributed by atoms with van der Waals surface area (Å²) in [5.74, 6) is -0.627.